The van der Waals surface area contributed by atoms with Crippen molar-refractivity contribution in [1.29, 1.82) is 0 Å². The number of hydrogen-bond donors (Lipinski definition) is 3. The zero-order valence-electron chi connectivity index (χ0n) is 23.9. The maximum absolute atomic E-state index is 12.1. The van der Waals surface area contributed by atoms with Crippen LogP contribution in [0.2, 0.25) is 0 Å². The zero-order valence-corrected chi connectivity index (χ0v) is 23.9. The summed E-state index contributed by atoms with van der Waals surface area (Å²) in [4.78, 5) is 45.7. The Morgan fingerprint density at radius 3 is 2.61 bits per heavy atom. The van der Waals surface area contributed by atoms with Crippen LogP contribution in [-0.2, 0) is 18.4 Å². The minimum absolute atomic E-state index is 0.162. The number of ether oxygens (including phenoxy) is 1. The van der Waals surface area contributed by atoms with Gasteiger partial charge >= 0.3 is 6.03 Å². The summed E-state index contributed by atoms with van der Waals surface area (Å²) < 4.78 is 7.60. The van der Waals surface area contributed by atoms with E-state index in [0.717, 1.165) is 22.0 Å². The first-order valence-corrected chi connectivity index (χ1v) is 13.8. The van der Waals surface area contributed by atoms with Gasteiger partial charge < -0.3 is 19.9 Å². The summed E-state index contributed by atoms with van der Waals surface area (Å²) in [5.41, 5.74) is 4.62. The molecule has 1 aliphatic heterocycles. The SMILES string of the molecule is COc1cc(NCc2ccc(N3CCC(=O)NC3=O)cc2)c([N+](=O)[O-])cc1Nc1nccc(-c2cn(C)c3ccccc23)n1. The van der Waals surface area contributed by atoms with Gasteiger partial charge in [-0.05, 0) is 29.8 Å². The fourth-order valence-electron chi connectivity index (χ4n) is 5.16. The van der Waals surface area contributed by atoms with Crippen molar-refractivity contribution in [2.45, 2.75) is 13.0 Å². The summed E-state index contributed by atoms with van der Waals surface area (Å²) in [7, 11) is 3.45. The second-order valence-electron chi connectivity index (χ2n) is 10.2. The minimum atomic E-state index is -0.473. The molecule has 0 saturated carbocycles. The highest BCUT2D eigenvalue weighted by Gasteiger charge is 2.24. The summed E-state index contributed by atoms with van der Waals surface area (Å²) in [5, 5.41) is 21.6. The fraction of sp³-hybridized carbons (Fsp3) is 0.161. The van der Waals surface area contributed by atoms with Crippen LogP contribution in [0, 0.1) is 10.1 Å². The predicted octanol–water partition coefficient (Wildman–Crippen LogP) is 5.35. The molecule has 3 aromatic carbocycles. The maximum Gasteiger partial charge on any atom is 0.328 e. The second kappa shape index (κ2) is 11.7. The van der Waals surface area contributed by atoms with Gasteiger partial charge in [-0.1, -0.05) is 30.3 Å². The number of methoxy groups -OCH3 is 1. The number of anilines is 4. The second-order valence-corrected chi connectivity index (χ2v) is 10.2. The number of imide groups is 1. The van der Waals surface area contributed by atoms with Crippen molar-refractivity contribution >= 4 is 51.5 Å². The molecular formula is C31H28N8O5. The van der Waals surface area contributed by atoms with Crippen LogP contribution in [0.15, 0.2) is 79.1 Å². The molecule has 13 heteroatoms. The number of carbonyl (C=O) groups is 2. The Labute approximate surface area is 251 Å². The Bertz CT molecular complexity index is 1900. The van der Waals surface area contributed by atoms with Crippen molar-refractivity contribution in [2.24, 2.45) is 7.05 Å². The molecule has 222 valence electrons. The van der Waals surface area contributed by atoms with E-state index in [9.17, 15) is 19.7 Å². The molecule has 0 aliphatic carbocycles. The lowest BCUT2D eigenvalue weighted by molar-refractivity contribution is -0.383. The third-order valence-corrected chi connectivity index (χ3v) is 7.37. The summed E-state index contributed by atoms with van der Waals surface area (Å²) in [6.07, 6.45) is 3.86. The molecule has 0 spiro atoms. The lowest BCUT2D eigenvalue weighted by atomic mass is 10.1. The summed E-state index contributed by atoms with van der Waals surface area (Å²) in [6, 6.07) is 19.5. The van der Waals surface area contributed by atoms with Crippen molar-refractivity contribution in [2.75, 3.05) is 29.2 Å². The van der Waals surface area contributed by atoms with Crippen LogP contribution >= 0.6 is 0 Å². The van der Waals surface area contributed by atoms with E-state index in [-0.39, 0.29) is 36.2 Å². The molecule has 6 rings (SSSR count). The Balaban J connectivity index is 1.21. The highest BCUT2D eigenvalue weighted by atomic mass is 16.6. The van der Waals surface area contributed by atoms with E-state index >= 15 is 0 Å². The summed E-state index contributed by atoms with van der Waals surface area (Å²) in [6.45, 7) is 0.574. The number of hydrogen-bond acceptors (Lipinski definition) is 9. The van der Waals surface area contributed by atoms with E-state index in [1.807, 2.05) is 60.3 Å². The number of para-hydroxylation sites is 1. The molecule has 1 saturated heterocycles. The van der Waals surface area contributed by atoms with E-state index in [1.54, 1.807) is 24.4 Å². The van der Waals surface area contributed by atoms with E-state index in [1.165, 1.54) is 18.1 Å². The third-order valence-electron chi connectivity index (χ3n) is 7.37. The number of carbonyl (C=O) groups excluding carboxylic acids is 2. The number of rotatable bonds is 9. The average Bonchev–Trinajstić information content (AvgIpc) is 3.37. The molecule has 1 aliphatic rings. The van der Waals surface area contributed by atoms with Crippen LogP contribution in [-0.4, -0.2) is 45.1 Å². The maximum atomic E-state index is 12.1. The summed E-state index contributed by atoms with van der Waals surface area (Å²) >= 11 is 0. The number of nitro groups is 1. The van der Waals surface area contributed by atoms with Gasteiger partial charge in [0.25, 0.3) is 5.69 Å². The lowest BCUT2D eigenvalue weighted by Crippen LogP contribution is -2.49. The van der Waals surface area contributed by atoms with Gasteiger partial charge in [-0.15, -0.1) is 0 Å². The molecule has 0 unspecified atom stereocenters. The van der Waals surface area contributed by atoms with Crippen LogP contribution in [0.5, 0.6) is 5.75 Å². The standard InChI is InChI=1S/C31H28N8O5/c1-37-18-22(21-5-3-4-6-26(21)37)23-11-13-32-30(34-23)35-25-15-27(39(42)43)24(16-28(25)44-2)33-17-19-7-9-20(10-8-19)38-14-12-29(40)36-31(38)41/h3-11,13,15-16,18,33H,12,14,17H2,1-2H3,(H,32,34,35)(H,36,40,41). The Morgan fingerprint density at radius 2 is 1.86 bits per heavy atom. The molecule has 1 fully saturated rings. The predicted molar refractivity (Wildman–Crippen MR) is 166 cm³/mol. The number of fused-ring (bicyclic) bond motifs is 1. The van der Waals surface area contributed by atoms with Crippen LogP contribution in [0.3, 0.4) is 0 Å². The molecule has 3 heterocycles. The van der Waals surface area contributed by atoms with Gasteiger partial charge in [0, 0.05) is 73.2 Å². The largest absolute Gasteiger partial charge is 0.494 e. The first kappa shape index (κ1) is 28.2. The highest BCUT2D eigenvalue weighted by Crippen LogP contribution is 2.38. The van der Waals surface area contributed by atoms with Gasteiger partial charge in [0.05, 0.1) is 23.4 Å². The number of aryl methyl sites for hydroxylation is 1. The normalized spacial score (nSPS) is 13.1. The fourth-order valence-corrected chi connectivity index (χ4v) is 5.16. The van der Waals surface area contributed by atoms with Gasteiger partial charge in [0.15, 0.2) is 0 Å². The number of nitro benzene ring substituents is 1. The van der Waals surface area contributed by atoms with E-state index in [4.69, 9.17) is 4.74 Å². The van der Waals surface area contributed by atoms with E-state index < -0.39 is 11.0 Å². The number of nitrogens with zero attached hydrogens (tertiary/aromatic N) is 5. The van der Waals surface area contributed by atoms with Gasteiger partial charge in [-0.2, -0.15) is 0 Å². The van der Waals surface area contributed by atoms with Crippen LogP contribution in [0.25, 0.3) is 22.2 Å². The van der Waals surface area contributed by atoms with Crippen molar-refractivity contribution in [3.63, 3.8) is 0 Å². The van der Waals surface area contributed by atoms with Crippen molar-refractivity contribution in [3.05, 3.63) is 94.8 Å². The van der Waals surface area contributed by atoms with Gasteiger partial charge in [0.2, 0.25) is 11.9 Å². The number of nitrogens with one attached hydrogen (secondary N) is 3. The number of aromatic nitrogens is 3. The van der Waals surface area contributed by atoms with Crippen LogP contribution in [0.1, 0.15) is 12.0 Å². The van der Waals surface area contributed by atoms with Crippen LogP contribution < -0.4 is 25.6 Å². The topological polar surface area (TPSA) is 157 Å². The first-order valence-electron chi connectivity index (χ1n) is 13.8. The van der Waals surface area contributed by atoms with Gasteiger partial charge in [-0.3, -0.25) is 25.1 Å². The third kappa shape index (κ3) is 5.57. The van der Waals surface area contributed by atoms with E-state index in [2.05, 4.69) is 25.9 Å². The Hall–Kier alpha value is -5.98. The quantitative estimate of drug-likeness (QED) is 0.152. The molecule has 0 atom stereocenters. The van der Waals surface area contributed by atoms with Crippen molar-refractivity contribution in [3.8, 4) is 17.0 Å². The lowest BCUT2D eigenvalue weighted by Gasteiger charge is -2.26. The van der Waals surface area contributed by atoms with Crippen LogP contribution in [0.4, 0.5) is 33.5 Å². The molecule has 0 bridgehead atoms. The van der Waals surface area contributed by atoms with Gasteiger partial charge in [0.1, 0.15) is 11.4 Å². The number of benzene rings is 3. The van der Waals surface area contributed by atoms with E-state index in [0.29, 0.717) is 29.4 Å². The zero-order chi connectivity index (χ0) is 30.8. The first-order chi connectivity index (χ1) is 21.3. The van der Waals surface area contributed by atoms with Crippen molar-refractivity contribution < 1.29 is 19.2 Å². The molecular weight excluding hydrogens is 564 g/mol. The molecule has 5 aromatic rings. The number of urea groups is 1. The number of amides is 3. The molecule has 2 aromatic heterocycles. The van der Waals surface area contributed by atoms with Gasteiger partial charge in [-0.25, -0.2) is 14.8 Å². The summed E-state index contributed by atoms with van der Waals surface area (Å²) in [5.74, 6) is 0.320. The monoisotopic (exact) mass is 592 g/mol. The molecule has 3 amide bonds. The molecule has 0 radical (unpaired) electrons. The molecule has 44 heavy (non-hydrogen) atoms. The Morgan fingerprint density at radius 1 is 1.07 bits per heavy atom. The smallest absolute Gasteiger partial charge is 0.328 e. The molecule has 3 N–H and O–H groups in total. The molecule has 13 nitrogen and oxygen atoms in total. The minimum Gasteiger partial charge on any atom is -0.494 e. The highest BCUT2D eigenvalue weighted by molar-refractivity contribution is 6.05. The Kier molecular flexibility index (Phi) is 7.50. The van der Waals surface area contributed by atoms with Crippen molar-refractivity contribution in [1.82, 2.24) is 19.9 Å². The average molecular weight is 593 g/mol.